The maximum atomic E-state index is 11.5. The van der Waals surface area contributed by atoms with Gasteiger partial charge in [-0.2, -0.15) is 0 Å². The Morgan fingerprint density at radius 1 is 0.706 bits per heavy atom. The molecule has 186 valence electrons. The van der Waals surface area contributed by atoms with Crippen LogP contribution in [0.1, 0.15) is 61.8 Å². The Morgan fingerprint density at radius 2 is 1.06 bits per heavy atom. The summed E-state index contributed by atoms with van der Waals surface area (Å²) >= 11 is 0. The lowest BCUT2D eigenvalue weighted by atomic mass is 10.00. The zero-order valence-corrected chi connectivity index (χ0v) is 20.4. The van der Waals surface area contributed by atoms with Crippen LogP contribution in [0.4, 0.5) is 0 Å². The van der Waals surface area contributed by atoms with Crippen molar-refractivity contribution in [3.05, 3.63) is 58.7 Å². The molecule has 0 aliphatic rings. The highest BCUT2D eigenvalue weighted by atomic mass is 16.4. The number of benzene rings is 2. The molecule has 0 aliphatic carbocycles. The molecular formula is C26H36N2O6. The lowest BCUT2D eigenvalue weighted by Gasteiger charge is -2.27. The van der Waals surface area contributed by atoms with Gasteiger partial charge in [0.05, 0.1) is 13.1 Å². The maximum absolute atomic E-state index is 11.5. The summed E-state index contributed by atoms with van der Waals surface area (Å²) in [5.41, 5.74) is 3.33. The quantitative estimate of drug-likeness (QED) is 0.347. The Hall–Kier alpha value is -3.10. The van der Waals surface area contributed by atoms with Gasteiger partial charge >= 0.3 is 11.9 Å². The number of phenolic OH excluding ortho intramolecular Hbond substituents is 2. The summed E-state index contributed by atoms with van der Waals surface area (Å²) in [7, 11) is 0. The summed E-state index contributed by atoms with van der Waals surface area (Å²) in [6, 6.07) is 10.7. The van der Waals surface area contributed by atoms with Crippen molar-refractivity contribution in [2.75, 3.05) is 26.2 Å². The molecule has 2 aromatic rings. The fourth-order valence-electron chi connectivity index (χ4n) is 3.76. The Kier molecular flexibility index (Phi) is 9.89. The third-order valence-electron chi connectivity index (χ3n) is 5.78. The molecule has 8 heteroatoms. The molecular weight excluding hydrogens is 436 g/mol. The highest BCUT2D eigenvalue weighted by Crippen LogP contribution is 2.26. The second-order valence-corrected chi connectivity index (χ2v) is 9.29. The van der Waals surface area contributed by atoms with E-state index in [9.17, 15) is 30.0 Å². The summed E-state index contributed by atoms with van der Waals surface area (Å²) in [6.07, 6.45) is 0. The lowest BCUT2D eigenvalue weighted by Crippen LogP contribution is -2.39. The van der Waals surface area contributed by atoms with E-state index in [0.29, 0.717) is 11.1 Å². The van der Waals surface area contributed by atoms with Gasteiger partial charge in [-0.25, -0.2) is 0 Å². The van der Waals surface area contributed by atoms with Crippen molar-refractivity contribution >= 4 is 11.9 Å². The van der Waals surface area contributed by atoms with Crippen LogP contribution in [0.5, 0.6) is 11.5 Å². The smallest absolute Gasteiger partial charge is 0.317 e. The van der Waals surface area contributed by atoms with Crippen LogP contribution in [-0.4, -0.2) is 68.3 Å². The molecule has 2 rings (SSSR count). The van der Waals surface area contributed by atoms with Gasteiger partial charge in [0.25, 0.3) is 0 Å². The minimum atomic E-state index is -1.01. The number of phenols is 2. The van der Waals surface area contributed by atoms with Crippen molar-refractivity contribution in [2.24, 2.45) is 0 Å². The van der Waals surface area contributed by atoms with Crippen LogP contribution in [0.2, 0.25) is 0 Å². The number of hydrogen-bond donors (Lipinski definition) is 4. The Labute approximate surface area is 201 Å². The van der Waals surface area contributed by atoms with Gasteiger partial charge in [-0.05, 0) is 35.1 Å². The standard InChI is InChI=1S/C26H36N2O6/c1-17(2)19-5-7-23(29)21(11-19)13-27(15-25(31)32)9-10-28(16-26(33)34)14-22-12-20(18(3)4)6-8-24(22)30/h5-8,11-12,17-18,29-30H,9-10,13-16H2,1-4H3,(H,31,32)(H,33,34). The molecule has 0 amide bonds. The molecule has 0 aliphatic heterocycles. The van der Waals surface area contributed by atoms with Crippen molar-refractivity contribution in [1.82, 2.24) is 9.80 Å². The van der Waals surface area contributed by atoms with Gasteiger partial charge in [-0.15, -0.1) is 0 Å². The van der Waals surface area contributed by atoms with Crippen molar-refractivity contribution in [3.8, 4) is 11.5 Å². The van der Waals surface area contributed by atoms with Gasteiger partial charge in [0.2, 0.25) is 0 Å². The first-order valence-corrected chi connectivity index (χ1v) is 11.5. The minimum Gasteiger partial charge on any atom is -0.508 e. The molecule has 8 nitrogen and oxygen atoms in total. The first-order chi connectivity index (χ1) is 16.0. The third-order valence-corrected chi connectivity index (χ3v) is 5.78. The number of aliphatic carboxylic acids is 2. The van der Waals surface area contributed by atoms with E-state index >= 15 is 0 Å². The van der Waals surface area contributed by atoms with Gasteiger partial charge in [0.1, 0.15) is 11.5 Å². The van der Waals surface area contributed by atoms with Gasteiger partial charge < -0.3 is 20.4 Å². The van der Waals surface area contributed by atoms with Gasteiger partial charge in [0, 0.05) is 37.3 Å². The van der Waals surface area contributed by atoms with E-state index < -0.39 is 11.9 Å². The summed E-state index contributed by atoms with van der Waals surface area (Å²) < 4.78 is 0. The molecule has 4 N–H and O–H groups in total. The molecule has 34 heavy (non-hydrogen) atoms. The van der Waals surface area contributed by atoms with Crippen LogP contribution >= 0.6 is 0 Å². The van der Waals surface area contributed by atoms with Gasteiger partial charge in [-0.3, -0.25) is 19.4 Å². The SMILES string of the molecule is CC(C)c1ccc(O)c(CN(CCN(CC(=O)O)Cc2cc(C(C)C)ccc2O)CC(=O)O)c1. The fraction of sp³-hybridized carbons (Fsp3) is 0.462. The fourth-order valence-corrected chi connectivity index (χ4v) is 3.76. The molecule has 0 unspecified atom stereocenters. The zero-order valence-electron chi connectivity index (χ0n) is 20.4. The molecule has 0 saturated heterocycles. The zero-order chi connectivity index (χ0) is 25.4. The number of hydrogen-bond acceptors (Lipinski definition) is 6. The first kappa shape index (κ1) is 27.1. The van der Waals surface area contributed by atoms with E-state index in [1.54, 1.807) is 21.9 Å². The minimum absolute atomic E-state index is 0.0950. The molecule has 0 atom stereocenters. The van der Waals surface area contributed by atoms with Gasteiger partial charge in [-0.1, -0.05) is 52.0 Å². The average molecular weight is 473 g/mol. The van der Waals surface area contributed by atoms with Crippen molar-refractivity contribution in [2.45, 2.75) is 52.6 Å². The van der Waals surface area contributed by atoms with Gasteiger partial charge in [0.15, 0.2) is 0 Å². The number of carboxylic acids is 2. The Balaban J connectivity index is 2.20. The third kappa shape index (κ3) is 8.35. The Bertz CT molecular complexity index is 910. The van der Waals surface area contributed by atoms with Crippen LogP contribution in [0.3, 0.4) is 0 Å². The van der Waals surface area contributed by atoms with E-state index in [2.05, 4.69) is 0 Å². The summed E-state index contributed by atoms with van der Waals surface area (Å²) in [6.45, 7) is 8.64. The lowest BCUT2D eigenvalue weighted by molar-refractivity contribution is -0.140. The van der Waals surface area contributed by atoms with E-state index in [1.165, 1.54) is 0 Å². The molecule has 2 aromatic carbocycles. The predicted molar refractivity (Wildman–Crippen MR) is 130 cm³/mol. The second-order valence-electron chi connectivity index (χ2n) is 9.29. The molecule has 0 fully saturated rings. The van der Waals surface area contributed by atoms with Crippen LogP contribution < -0.4 is 0 Å². The monoisotopic (exact) mass is 472 g/mol. The van der Waals surface area contributed by atoms with Crippen molar-refractivity contribution in [3.63, 3.8) is 0 Å². The van der Waals surface area contributed by atoms with E-state index in [0.717, 1.165) is 11.1 Å². The van der Waals surface area contributed by atoms with E-state index in [4.69, 9.17) is 0 Å². The number of carboxylic acid groups (broad SMARTS) is 2. The largest absolute Gasteiger partial charge is 0.508 e. The molecule has 0 aromatic heterocycles. The topological polar surface area (TPSA) is 122 Å². The van der Waals surface area contributed by atoms with Crippen LogP contribution in [0, 0.1) is 0 Å². The summed E-state index contributed by atoms with van der Waals surface area (Å²) in [4.78, 5) is 26.3. The molecule has 0 saturated carbocycles. The normalized spacial score (nSPS) is 11.6. The summed E-state index contributed by atoms with van der Waals surface area (Å²) in [5, 5.41) is 39.4. The number of rotatable bonds is 13. The maximum Gasteiger partial charge on any atom is 0.317 e. The van der Waals surface area contributed by atoms with E-state index in [-0.39, 0.29) is 62.6 Å². The highest BCUT2D eigenvalue weighted by Gasteiger charge is 2.18. The summed E-state index contributed by atoms with van der Waals surface area (Å²) in [5.74, 6) is -1.31. The number of carbonyl (C=O) groups is 2. The van der Waals surface area contributed by atoms with Crippen LogP contribution in [-0.2, 0) is 22.7 Å². The predicted octanol–water partition coefficient (Wildman–Crippen LogP) is 3.82. The molecule has 0 spiro atoms. The van der Waals surface area contributed by atoms with Crippen LogP contribution in [0.15, 0.2) is 36.4 Å². The molecule has 0 bridgehead atoms. The number of aromatic hydroxyl groups is 2. The van der Waals surface area contributed by atoms with Crippen molar-refractivity contribution < 1.29 is 30.0 Å². The highest BCUT2D eigenvalue weighted by molar-refractivity contribution is 5.69. The Morgan fingerprint density at radius 3 is 1.35 bits per heavy atom. The average Bonchev–Trinajstić information content (AvgIpc) is 2.73. The van der Waals surface area contributed by atoms with E-state index in [1.807, 2.05) is 52.0 Å². The molecule has 0 radical (unpaired) electrons. The second kappa shape index (κ2) is 12.4. The number of nitrogens with zero attached hydrogens (tertiary/aromatic N) is 2. The molecule has 0 heterocycles. The van der Waals surface area contributed by atoms with Crippen molar-refractivity contribution in [1.29, 1.82) is 0 Å². The first-order valence-electron chi connectivity index (χ1n) is 11.5. The van der Waals surface area contributed by atoms with Crippen LogP contribution in [0.25, 0.3) is 0 Å².